The van der Waals surface area contributed by atoms with Crippen molar-refractivity contribution >= 4 is 11.5 Å². The second-order valence-electron chi connectivity index (χ2n) is 6.62. The Morgan fingerprint density at radius 2 is 2.14 bits per heavy atom. The van der Waals surface area contributed by atoms with Crippen LogP contribution in [0, 0.1) is 22.7 Å². The molecule has 1 aromatic heterocycles. The normalized spacial score (nSPS) is 15.5. The molecular formula is C21H28N6O. The van der Waals surface area contributed by atoms with E-state index in [0.29, 0.717) is 24.0 Å². The van der Waals surface area contributed by atoms with Gasteiger partial charge in [-0.25, -0.2) is 9.99 Å². The van der Waals surface area contributed by atoms with Gasteiger partial charge in [0.25, 0.3) is 0 Å². The molecule has 0 spiro atoms. The molecule has 1 aromatic rings. The van der Waals surface area contributed by atoms with Gasteiger partial charge >= 0.3 is 0 Å². The summed E-state index contributed by atoms with van der Waals surface area (Å²) in [6.45, 7) is 10.6. The zero-order valence-electron chi connectivity index (χ0n) is 17.2. The molecule has 0 atom stereocenters. The quantitative estimate of drug-likeness (QED) is 0.426. The van der Waals surface area contributed by atoms with E-state index in [9.17, 15) is 0 Å². The van der Waals surface area contributed by atoms with E-state index in [1.807, 2.05) is 25.1 Å². The van der Waals surface area contributed by atoms with Crippen molar-refractivity contribution in [1.29, 1.82) is 10.7 Å². The van der Waals surface area contributed by atoms with Crippen molar-refractivity contribution in [3.8, 4) is 11.9 Å². The molecule has 0 unspecified atom stereocenters. The number of nitrogens with one attached hydrogen (secondary N) is 2. The molecule has 2 heterocycles. The maximum Gasteiger partial charge on any atom is 0.222 e. The molecule has 2 rings (SSSR count). The Kier molecular flexibility index (Phi) is 7.33. The number of pyridine rings is 1. The molecule has 7 heteroatoms. The van der Waals surface area contributed by atoms with Crippen LogP contribution in [-0.2, 0) is 0 Å². The zero-order chi connectivity index (χ0) is 20.7. The van der Waals surface area contributed by atoms with E-state index in [-0.39, 0.29) is 12.5 Å². The van der Waals surface area contributed by atoms with Gasteiger partial charge in [-0.2, -0.15) is 10.4 Å². The molecule has 0 fully saturated rings. The van der Waals surface area contributed by atoms with Crippen LogP contribution < -0.4 is 10.1 Å². The summed E-state index contributed by atoms with van der Waals surface area (Å²) >= 11 is 0. The summed E-state index contributed by atoms with van der Waals surface area (Å²) in [5.74, 6) is 1.07. The number of allylic oxidation sites excluding steroid dienone is 2. The van der Waals surface area contributed by atoms with E-state index in [2.05, 4.69) is 37.1 Å². The Labute approximate surface area is 166 Å². The van der Waals surface area contributed by atoms with Crippen LogP contribution in [0.4, 0.5) is 0 Å². The predicted molar refractivity (Wildman–Crippen MR) is 111 cm³/mol. The van der Waals surface area contributed by atoms with Gasteiger partial charge in [-0.15, -0.1) is 0 Å². The lowest BCUT2D eigenvalue weighted by molar-refractivity contribution is 0.326. The van der Waals surface area contributed by atoms with Gasteiger partial charge in [0.05, 0.1) is 35.3 Å². The number of hydrazone groups is 1. The molecule has 0 saturated carbocycles. The van der Waals surface area contributed by atoms with E-state index in [4.69, 9.17) is 20.5 Å². The van der Waals surface area contributed by atoms with Crippen molar-refractivity contribution in [3.05, 3.63) is 46.9 Å². The van der Waals surface area contributed by atoms with Gasteiger partial charge in [0, 0.05) is 6.20 Å². The Hall–Kier alpha value is -3.14. The smallest absolute Gasteiger partial charge is 0.222 e. The second-order valence-corrected chi connectivity index (χ2v) is 6.62. The van der Waals surface area contributed by atoms with Gasteiger partial charge in [-0.1, -0.05) is 20.8 Å². The molecule has 148 valence electrons. The third kappa shape index (κ3) is 4.58. The second kappa shape index (κ2) is 9.70. The molecule has 0 radical (unpaired) electrons. The van der Waals surface area contributed by atoms with Gasteiger partial charge in [0.15, 0.2) is 0 Å². The first-order valence-electron chi connectivity index (χ1n) is 9.52. The summed E-state index contributed by atoms with van der Waals surface area (Å²) < 4.78 is 5.66. The average Bonchev–Trinajstić information content (AvgIpc) is 2.67. The summed E-state index contributed by atoms with van der Waals surface area (Å²) in [7, 11) is 0. The minimum absolute atomic E-state index is 0.161. The standard InChI is InChI=1S/C21H28N6O/c1-6-16(14(3)4)20-19(24-12-10-22)13-18(26-27(20)15(5)23)17-9-8-11-25-21(17)28-7-2/h8-9,11,13-14,23-24H,6-7,12H2,1-5H3/b20-16+,23-15?. The van der Waals surface area contributed by atoms with Crippen LogP contribution in [0.2, 0.25) is 0 Å². The molecule has 1 aliphatic rings. The highest BCUT2D eigenvalue weighted by atomic mass is 16.5. The minimum Gasteiger partial charge on any atom is -0.477 e. The van der Waals surface area contributed by atoms with Gasteiger partial charge in [-0.3, -0.25) is 5.41 Å². The van der Waals surface area contributed by atoms with E-state index in [1.54, 1.807) is 18.1 Å². The molecule has 28 heavy (non-hydrogen) atoms. The number of hydrogen-bond acceptors (Lipinski definition) is 6. The molecule has 0 aromatic carbocycles. The van der Waals surface area contributed by atoms with Crippen LogP contribution >= 0.6 is 0 Å². The van der Waals surface area contributed by atoms with Crippen LogP contribution in [0.5, 0.6) is 5.88 Å². The monoisotopic (exact) mass is 380 g/mol. The average molecular weight is 380 g/mol. The highest BCUT2D eigenvalue weighted by Gasteiger charge is 2.27. The summed E-state index contributed by atoms with van der Waals surface area (Å²) in [6, 6.07) is 5.85. The lowest BCUT2D eigenvalue weighted by Gasteiger charge is -2.31. The molecule has 0 bridgehead atoms. The number of hydrogen-bond donors (Lipinski definition) is 2. The van der Waals surface area contributed by atoms with Crippen molar-refractivity contribution in [1.82, 2.24) is 15.3 Å². The van der Waals surface area contributed by atoms with Gasteiger partial charge in [0.1, 0.15) is 12.4 Å². The molecule has 0 amide bonds. The summed E-state index contributed by atoms with van der Waals surface area (Å²) in [5, 5.41) is 26.9. The third-order valence-electron chi connectivity index (χ3n) is 4.34. The fraction of sp³-hybridized carbons (Fsp3) is 0.429. The van der Waals surface area contributed by atoms with E-state index >= 15 is 0 Å². The summed E-state index contributed by atoms with van der Waals surface area (Å²) in [6.07, 6.45) is 4.41. The van der Waals surface area contributed by atoms with Crippen molar-refractivity contribution in [2.75, 3.05) is 13.2 Å². The number of ether oxygens (including phenoxy) is 1. The van der Waals surface area contributed by atoms with E-state index in [1.165, 1.54) is 5.57 Å². The maximum absolute atomic E-state index is 9.09. The number of nitrogens with zero attached hydrogens (tertiary/aromatic N) is 4. The van der Waals surface area contributed by atoms with E-state index in [0.717, 1.165) is 23.4 Å². The zero-order valence-corrected chi connectivity index (χ0v) is 17.2. The van der Waals surface area contributed by atoms with Crippen LogP contribution in [0.25, 0.3) is 0 Å². The first kappa shape index (κ1) is 21.2. The third-order valence-corrected chi connectivity index (χ3v) is 4.34. The van der Waals surface area contributed by atoms with Crippen LogP contribution in [0.1, 0.15) is 46.6 Å². The lowest BCUT2D eigenvalue weighted by atomic mass is 9.95. The first-order valence-corrected chi connectivity index (χ1v) is 9.52. The Morgan fingerprint density at radius 1 is 1.39 bits per heavy atom. The van der Waals surface area contributed by atoms with Crippen molar-refractivity contribution in [2.24, 2.45) is 11.0 Å². The highest BCUT2D eigenvalue weighted by molar-refractivity contribution is 6.12. The SMILES string of the molecule is CCOc1ncccc1C1=NN(C(C)=N)/C(=C(\CC)C(C)C)C(NCC#N)=C1. The van der Waals surface area contributed by atoms with Gasteiger partial charge in [0.2, 0.25) is 5.88 Å². The molecule has 1 aliphatic heterocycles. The summed E-state index contributed by atoms with van der Waals surface area (Å²) in [4.78, 5) is 4.31. The highest BCUT2D eigenvalue weighted by Crippen LogP contribution is 2.31. The van der Waals surface area contributed by atoms with Gasteiger partial charge in [-0.05, 0) is 50.0 Å². The molecule has 7 nitrogen and oxygen atoms in total. The van der Waals surface area contributed by atoms with Crippen LogP contribution in [0.3, 0.4) is 0 Å². The van der Waals surface area contributed by atoms with Crippen molar-refractivity contribution < 1.29 is 4.74 Å². The molecule has 0 saturated heterocycles. The fourth-order valence-electron chi connectivity index (χ4n) is 3.15. The minimum atomic E-state index is 0.161. The molecule has 0 aliphatic carbocycles. The van der Waals surface area contributed by atoms with Crippen molar-refractivity contribution in [3.63, 3.8) is 0 Å². The number of rotatable bonds is 7. The van der Waals surface area contributed by atoms with Crippen LogP contribution in [0.15, 0.2) is 46.5 Å². The Morgan fingerprint density at radius 3 is 2.71 bits per heavy atom. The van der Waals surface area contributed by atoms with Crippen LogP contribution in [-0.4, -0.2) is 34.7 Å². The largest absolute Gasteiger partial charge is 0.477 e. The Bertz CT molecular complexity index is 860. The fourth-order valence-corrected chi connectivity index (χ4v) is 3.15. The summed E-state index contributed by atoms with van der Waals surface area (Å²) in [5.41, 5.74) is 4.16. The molecular weight excluding hydrogens is 352 g/mol. The number of amidine groups is 1. The predicted octanol–water partition coefficient (Wildman–Crippen LogP) is 3.81. The maximum atomic E-state index is 9.09. The van der Waals surface area contributed by atoms with Gasteiger partial charge < -0.3 is 10.1 Å². The number of aromatic nitrogens is 1. The topological polar surface area (TPSA) is 97.4 Å². The van der Waals surface area contributed by atoms with Crippen molar-refractivity contribution in [2.45, 2.75) is 41.0 Å². The van der Waals surface area contributed by atoms with E-state index < -0.39 is 0 Å². The number of nitriles is 1. The lowest BCUT2D eigenvalue weighted by Crippen LogP contribution is -2.34. The molecule has 2 N–H and O–H groups in total. The first-order chi connectivity index (χ1) is 13.4. The Balaban J connectivity index is 2.69.